The van der Waals surface area contributed by atoms with E-state index in [0.29, 0.717) is 22.4 Å². The van der Waals surface area contributed by atoms with Crippen molar-refractivity contribution < 1.29 is 19.5 Å². The lowest BCUT2D eigenvalue weighted by molar-refractivity contribution is 0.0747. The summed E-state index contributed by atoms with van der Waals surface area (Å²) >= 11 is 0. The van der Waals surface area contributed by atoms with E-state index in [1.165, 1.54) is 4.90 Å². The van der Waals surface area contributed by atoms with E-state index in [1.807, 2.05) is 62.3 Å². The van der Waals surface area contributed by atoms with Crippen LogP contribution in [0.2, 0.25) is 0 Å². The van der Waals surface area contributed by atoms with Gasteiger partial charge in [0, 0.05) is 56.3 Å². The smallest absolute Gasteiger partial charge is 0.432 e. The summed E-state index contributed by atoms with van der Waals surface area (Å²) in [5.41, 5.74) is 3.70. The largest absolute Gasteiger partial charge is 0.463 e. The lowest BCUT2D eigenvalue weighted by Gasteiger charge is -2.18. The summed E-state index contributed by atoms with van der Waals surface area (Å²) in [7, 11) is 7.64. The molecular weight excluding hydrogens is 436 g/mol. The van der Waals surface area contributed by atoms with Crippen LogP contribution in [0.1, 0.15) is 32.0 Å². The van der Waals surface area contributed by atoms with Crippen molar-refractivity contribution in [2.75, 3.05) is 43.3 Å². The lowest BCUT2D eigenvalue weighted by atomic mass is 10.1. The van der Waals surface area contributed by atoms with Crippen molar-refractivity contribution in [1.29, 1.82) is 0 Å². The summed E-state index contributed by atoms with van der Waals surface area (Å²) < 4.78 is 0.822. The second-order valence-electron chi connectivity index (χ2n) is 8.47. The van der Waals surface area contributed by atoms with E-state index in [-0.39, 0.29) is 24.8 Å². The van der Waals surface area contributed by atoms with Crippen LogP contribution in [0, 0.1) is 0 Å². The maximum Gasteiger partial charge on any atom is 0.432 e. The summed E-state index contributed by atoms with van der Waals surface area (Å²) in [6, 6.07) is 14.2. The minimum Gasteiger partial charge on any atom is -0.463 e. The van der Waals surface area contributed by atoms with Crippen molar-refractivity contribution in [2.45, 2.75) is 13.1 Å². The number of amides is 2. The van der Waals surface area contributed by atoms with Crippen LogP contribution in [0.15, 0.2) is 48.5 Å². The molecule has 0 atom stereocenters. The number of hydrogen-bond acceptors (Lipinski definition) is 6. The van der Waals surface area contributed by atoms with Crippen molar-refractivity contribution in [1.82, 2.24) is 14.7 Å². The molecule has 1 aliphatic rings. The maximum absolute atomic E-state index is 13.1. The Kier molecular flexibility index (Phi) is 5.97. The fourth-order valence-corrected chi connectivity index (χ4v) is 3.82. The zero-order chi connectivity index (χ0) is 24.6. The zero-order valence-corrected chi connectivity index (χ0v) is 19.4. The van der Waals surface area contributed by atoms with Crippen LogP contribution in [0.4, 0.5) is 22.0 Å². The Morgan fingerprint density at radius 1 is 0.853 bits per heavy atom. The van der Waals surface area contributed by atoms with Gasteiger partial charge in [0.25, 0.3) is 11.8 Å². The number of rotatable bonds is 5. The Labute approximate surface area is 197 Å². The molecule has 0 saturated heterocycles. The number of aromatic nitrogens is 2. The minimum absolute atomic E-state index is 0.0797. The molecule has 0 bridgehead atoms. The van der Waals surface area contributed by atoms with Crippen LogP contribution in [0.5, 0.6) is 0 Å². The van der Waals surface area contributed by atoms with E-state index in [1.54, 1.807) is 24.3 Å². The third-order valence-corrected chi connectivity index (χ3v) is 5.76. The highest BCUT2D eigenvalue weighted by Gasteiger charge is 2.33. The van der Waals surface area contributed by atoms with Gasteiger partial charge in [-0.15, -0.1) is 5.10 Å². The van der Waals surface area contributed by atoms with Crippen LogP contribution in [0.25, 0.3) is 0 Å². The molecule has 10 heteroatoms. The highest BCUT2D eigenvalue weighted by Crippen LogP contribution is 2.31. The number of carbonyl (C=O) groups is 3. The van der Waals surface area contributed by atoms with Crippen LogP contribution >= 0.6 is 0 Å². The van der Waals surface area contributed by atoms with Crippen molar-refractivity contribution >= 4 is 35.1 Å². The van der Waals surface area contributed by atoms with Gasteiger partial charge in [-0.25, -0.2) is 4.79 Å². The average Bonchev–Trinajstić information content (AvgIpc) is 3.39. The van der Waals surface area contributed by atoms with Gasteiger partial charge in [-0.05, 0) is 48.5 Å². The number of carboxylic acid groups (broad SMARTS) is 1. The monoisotopic (exact) mass is 462 g/mol. The molecule has 2 aromatic carbocycles. The third kappa shape index (κ3) is 4.29. The summed E-state index contributed by atoms with van der Waals surface area (Å²) in [6.07, 6.45) is -1.28. The number of fused-ring (bicyclic) bond motifs is 1. The standard InChI is InChI=1S/C24H26N6O4/c1-27(2)17-9-5-15(6-10-17)22(31)25-21-19-13-29(14-20(19)30(26-21)24(33)34)23(32)16-7-11-18(12-8-16)28(3)4/h5-12H,13-14H2,1-4H3,(H,33,34)(H,25,26,31). The summed E-state index contributed by atoms with van der Waals surface area (Å²) in [5, 5.41) is 16.4. The molecule has 0 fully saturated rings. The zero-order valence-electron chi connectivity index (χ0n) is 19.4. The summed E-state index contributed by atoms with van der Waals surface area (Å²) in [4.78, 5) is 43.0. The quantitative estimate of drug-likeness (QED) is 0.600. The normalized spacial score (nSPS) is 12.3. The van der Waals surface area contributed by atoms with Gasteiger partial charge in [0.15, 0.2) is 5.82 Å². The first-order valence-electron chi connectivity index (χ1n) is 10.6. The SMILES string of the molecule is CN(C)c1ccc(C(=O)Nc2nn(C(=O)O)c3c2CN(C(=O)c2ccc(N(C)C)cc2)C3)cc1. The van der Waals surface area contributed by atoms with Crippen molar-refractivity contribution in [3.63, 3.8) is 0 Å². The van der Waals surface area contributed by atoms with E-state index < -0.39 is 12.0 Å². The molecule has 1 aromatic heterocycles. The summed E-state index contributed by atoms with van der Waals surface area (Å²) in [6.45, 7) is 0.225. The van der Waals surface area contributed by atoms with Gasteiger partial charge in [0.2, 0.25) is 0 Å². The molecular formula is C24H26N6O4. The first-order valence-corrected chi connectivity index (χ1v) is 10.6. The second kappa shape index (κ2) is 8.89. The van der Waals surface area contributed by atoms with Crippen LogP contribution in [-0.4, -0.2) is 65.9 Å². The molecule has 2 heterocycles. The molecule has 0 radical (unpaired) electrons. The minimum atomic E-state index is -1.28. The third-order valence-electron chi connectivity index (χ3n) is 5.76. The van der Waals surface area contributed by atoms with Gasteiger partial charge >= 0.3 is 6.09 Å². The van der Waals surface area contributed by atoms with E-state index in [4.69, 9.17) is 0 Å². The van der Waals surface area contributed by atoms with Gasteiger partial charge in [-0.2, -0.15) is 4.68 Å². The Balaban J connectivity index is 1.56. The topological polar surface area (TPSA) is 111 Å². The molecule has 0 spiro atoms. The molecule has 3 aromatic rings. The Hall–Kier alpha value is -4.34. The molecule has 176 valence electrons. The molecule has 0 saturated carbocycles. The fraction of sp³-hybridized carbons (Fsp3) is 0.250. The van der Waals surface area contributed by atoms with Crippen LogP contribution < -0.4 is 15.1 Å². The fourth-order valence-electron chi connectivity index (χ4n) is 3.82. The Morgan fingerprint density at radius 3 is 1.88 bits per heavy atom. The van der Waals surface area contributed by atoms with Gasteiger partial charge in [0.05, 0.1) is 18.8 Å². The van der Waals surface area contributed by atoms with Crippen molar-refractivity contribution in [2.24, 2.45) is 0 Å². The molecule has 2 amide bonds. The number of carbonyl (C=O) groups excluding carboxylic acids is 2. The second-order valence-corrected chi connectivity index (χ2v) is 8.47. The Bertz CT molecular complexity index is 1250. The van der Waals surface area contributed by atoms with E-state index in [2.05, 4.69) is 10.4 Å². The predicted molar refractivity (Wildman–Crippen MR) is 129 cm³/mol. The maximum atomic E-state index is 13.1. The Morgan fingerprint density at radius 2 is 1.38 bits per heavy atom. The molecule has 1 aliphatic heterocycles. The highest BCUT2D eigenvalue weighted by molar-refractivity contribution is 6.04. The average molecular weight is 463 g/mol. The van der Waals surface area contributed by atoms with E-state index in [9.17, 15) is 19.5 Å². The summed E-state index contributed by atoms with van der Waals surface area (Å²) in [5.74, 6) is -0.500. The lowest BCUT2D eigenvalue weighted by Crippen LogP contribution is -2.27. The van der Waals surface area contributed by atoms with Gasteiger partial charge in [0.1, 0.15) is 0 Å². The van der Waals surface area contributed by atoms with Gasteiger partial charge < -0.3 is 25.1 Å². The predicted octanol–water partition coefficient (Wildman–Crippen LogP) is 2.95. The highest BCUT2D eigenvalue weighted by atomic mass is 16.4. The number of benzene rings is 2. The van der Waals surface area contributed by atoms with Gasteiger partial charge in [-0.3, -0.25) is 9.59 Å². The van der Waals surface area contributed by atoms with Crippen LogP contribution in [0.3, 0.4) is 0 Å². The molecule has 0 aliphatic carbocycles. The van der Waals surface area contributed by atoms with E-state index >= 15 is 0 Å². The van der Waals surface area contributed by atoms with Gasteiger partial charge in [-0.1, -0.05) is 0 Å². The molecule has 34 heavy (non-hydrogen) atoms. The number of anilines is 3. The number of hydrogen-bond donors (Lipinski definition) is 2. The molecule has 10 nitrogen and oxygen atoms in total. The molecule has 4 rings (SSSR count). The first-order chi connectivity index (χ1) is 16.2. The number of nitrogens with one attached hydrogen (secondary N) is 1. The molecule has 0 unspecified atom stereocenters. The van der Waals surface area contributed by atoms with Crippen molar-refractivity contribution in [3.8, 4) is 0 Å². The van der Waals surface area contributed by atoms with Crippen molar-refractivity contribution in [3.05, 3.63) is 70.9 Å². The van der Waals surface area contributed by atoms with E-state index in [0.717, 1.165) is 16.1 Å². The number of nitrogens with zero attached hydrogens (tertiary/aromatic N) is 5. The first kappa shape index (κ1) is 22.8. The molecule has 2 N–H and O–H groups in total. The van der Waals surface area contributed by atoms with Crippen LogP contribution in [-0.2, 0) is 13.1 Å².